The van der Waals surface area contributed by atoms with Crippen LogP contribution in [-0.2, 0) is 9.53 Å². The fraction of sp³-hybridized carbons (Fsp3) is 0.933. The number of amides is 1. The monoisotopic (exact) mass is 268 g/mol. The van der Waals surface area contributed by atoms with Crippen molar-refractivity contribution < 1.29 is 9.53 Å². The molecule has 0 bridgehead atoms. The first-order valence-electron chi connectivity index (χ1n) is 7.77. The highest BCUT2D eigenvalue weighted by atomic mass is 16.5. The predicted octanol–water partition coefficient (Wildman–Crippen LogP) is 1.70. The van der Waals surface area contributed by atoms with Gasteiger partial charge in [0.15, 0.2) is 0 Å². The minimum atomic E-state index is -0.131. The fourth-order valence-electron chi connectivity index (χ4n) is 3.40. The molecule has 0 aromatic carbocycles. The molecule has 2 heterocycles. The van der Waals surface area contributed by atoms with Crippen molar-refractivity contribution >= 4 is 5.91 Å². The fourth-order valence-corrected chi connectivity index (χ4v) is 3.40. The molecule has 0 aromatic heterocycles. The van der Waals surface area contributed by atoms with Gasteiger partial charge in [-0.05, 0) is 45.7 Å². The number of carbonyl (C=O) groups is 1. The third-order valence-corrected chi connectivity index (χ3v) is 4.80. The smallest absolute Gasteiger partial charge is 0.226 e. The van der Waals surface area contributed by atoms with E-state index in [9.17, 15) is 4.79 Å². The van der Waals surface area contributed by atoms with Gasteiger partial charge in [0.2, 0.25) is 5.91 Å². The third-order valence-electron chi connectivity index (χ3n) is 4.80. The molecule has 2 aliphatic heterocycles. The van der Waals surface area contributed by atoms with E-state index in [1.807, 2.05) is 0 Å². The number of nitrogens with one attached hydrogen (secondary N) is 2. The Morgan fingerprint density at radius 1 is 1.47 bits per heavy atom. The molecule has 1 amide bonds. The lowest BCUT2D eigenvalue weighted by atomic mass is 9.74. The zero-order valence-corrected chi connectivity index (χ0v) is 12.3. The van der Waals surface area contributed by atoms with Gasteiger partial charge in [-0.2, -0.15) is 0 Å². The van der Waals surface area contributed by atoms with E-state index in [0.29, 0.717) is 5.92 Å². The molecule has 4 heteroatoms. The van der Waals surface area contributed by atoms with Crippen LogP contribution in [0.2, 0.25) is 0 Å². The Kier molecular flexibility index (Phi) is 5.22. The van der Waals surface area contributed by atoms with Crippen molar-refractivity contribution in [3.8, 4) is 0 Å². The van der Waals surface area contributed by atoms with E-state index in [0.717, 1.165) is 58.4 Å². The summed E-state index contributed by atoms with van der Waals surface area (Å²) in [5.74, 6) is 0.764. The van der Waals surface area contributed by atoms with Crippen molar-refractivity contribution in [2.45, 2.75) is 52.0 Å². The molecular formula is C15H28N2O2. The van der Waals surface area contributed by atoms with Crippen molar-refractivity contribution in [3.63, 3.8) is 0 Å². The molecule has 2 atom stereocenters. The summed E-state index contributed by atoms with van der Waals surface area (Å²) in [5.41, 5.74) is -0.131. The average molecular weight is 268 g/mol. The van der Waals surface area contributed by atoms with Crippen LogP contribution < -0.4 is 10.6 Å². The van der Waals surface area contributed by atoms with Crippen LogP contribution in [0.25, 0.3) is 0 Å². The Hall–Kier alpha value is -0.610. The van der Waals surface area contributed by atoms with E-state index in [2.05, 4.69) is 24.5 Å². The van der Waals surface area contributed by atoms with Crippen LogP contribution >= 0.6 is 0 Å². The normalized spacial score (nSPS) is 28.0. The quantitative estimate of drug-likeness (QED) is 0.798. The molecule has 2 saturated heterocycles. The Labute approximate surface area is 116 Å². The summed E-state index contributed by atoms with van der Waals surface area (Å²) < 4.78 is 5.42. The van der Waals surface area contributed by atoms with Crippen LogP contribution in [0.15, 0.2) is 0 Å². The molecule has 2 unspecified atom stereocenters. The molecule has 4 nitrogen and oxygen atoms in total. The molecule has 2 fully saturated rings. The second kappa shape index (κ2) is 6.71. The average Bonchev–Trinajstić information content (AvgIpc) is 2.94. The van der Waals surface area contributed by atoms with E-state index >= 15 is 0 Å². The molecule has 0 aromatic rings. The van der Waals surface area contributed by atoms with E-state index < -0.39 is 0 Å². The number of ether oxygens (including phenoxy) is 1. The minimum absolute atomic E-state index is 0.131. The molecule has 110 valence electrons. The van der Waals surface area contributed by atoms with Crippen LogP contribution in [0, 0.1) is 11.3 Å². The maximum absolute atomic E-state index is 12.7. The summed E-state index contributed by atoms with van der Waals surface area (Å²) in [6.07, 6.45) is 5.10. The number of rotatable bonds is 5. The van der Waals surface area contributed by atoms with Crippen LogP contribution in [-0.4, -0.2) is 38.3 Å². The van der Waals surface area contributed by atoms with Gasteiger partial charge >= 0.3 is 0 Å². The number of hydrogen-bond acceptors (Lipinski definition) is 3. The highest BCUT2D eigenvalue weighted by Crippen LogP contribution is 2.34. The van der Waals surface area contributed by atoms with Crippen LogP contribution in [0.4, 0.5) is 0 Å². The topological polar surface area (TPSA) is 50.4 Å². The lowest BCUT2D eigenvalue weighted by Crippen LogP contribution is -2.51. The van der Waals surface area contributed by atoms with Gasteiger partial charge in [0, 0.05) is 18.6 Å². The predicted molar refractivity (Wildman–Crippen MR) is 76.0 cm³/mol. The van der Waals surface area contributed by atoms with Gasteiger partial charge < -0.3 is 15.4 Å². The first kappa shape index (κ1) is 14.8. The molecule has 2 aliphatic rings. The summed E-state index contributed by atoms with van der Waals surface area (Å²) >= 11 is 0. The lowest BCUT2D eigenvalue weighted by molar-refractivity contribution is -0.134. The van der Waals surface area contributed by atoms with Gasteiger partial charge in [-0.3, -0.25) is 4.79 Å². The van der Waals surface area contributed by atoms with E-state index in [4.69, 9.17) is 4.74 Å². The molecule has 19 heavy (non-hydrogen) atoms. The second-order valence-corrected chi connectivity index (χ2v) is 6.17. The van der Waals surface area contributed by atoms with Crippen molar-refractivity contribution in [2.75, 3.05) is 26.3 Å². The van der Waals surface area contributed by atoms with E-state index in [-0.39, 0.29) is 17.4 Å². The third kappa shape index (κ3) is 3.48. The highest BCUT2D eigenvalue weighted by Gasteiger charge is 2.39. The minimum Gasteiger partial charge on any atom is -0.381 e. The summed E-state index contributed by atoms with van der Waals surface area (Å²) in [5, 5.41) is 6.63. The maximum atomic E-state index is 12.7. The molecular weight excluding hydrogens is 240 g/mol. The van der Waals surface area contributed by atoms with Crippen LogP contribution in [0.3, 0.4) is 0 Å². The Balaban J connectivity index is 1.94. The largest absolute Gasteiger partial charge is 0.381 e. The molecule has 2 rings (SSSR count). The number of carbonyl (C=O) groups excluding carboxylic acids is 1. The standard InChI is InChI=1S/C15H28N2O2/c1-3-5-15(6-8-16-9-7-15)14(18)17-12(2)13-4-10-19-11-13/h12-13,16H,3-11H2,1-2H3,(H,17,18). The summed E-state index contributed by atoms with van der Waals surface area (Å²) in [6, 6.07) is 0.235. The molecule has 2 N–H and O–H groups in total. The maximum Gasteiger partial charge on any atom is 0.226 e. The van der Waals surface area contributed by atoms with Gasteiger partial charge in [0.1, 0.15) is 0 Å². The van der Waals surface area contributed by atoms with Gasteiger partial charge in [-0.1, -0.05) is 13.3 Å². The number of hydrogen-bond donors (Lipinski definition) is 2. The van der Waals surface area contributed by atoms with Gasteiger partial charge in [-0.25, -0.2) is 0 Å². The molecule has 0 spiro atoms. The summed E-state index contributed by atoms with van der Waals surface area (Å²) in [6.45, 7) is 7.87. The van der Waals surface area contributed by atoms with Crippen LogP contribution in [0.1, 0.15) is 46.0 Å². The Bertz CT molecular complexity index is 289. The van der Waals surface area contributed by atoms with Gasteiger partial charge in [0.05, 0.1) is 12.0 Å². The van der Waals surface area contributed by atoms with E-state index in [1.54, 1.807) is 0 Å². The highest BCUT2D eigenvalue weighted by molar-refractivity contribution is 5.83. The van der Waals surface area contributed by atoms with Crippen molar-refractivity contribution in [1.29, 1.82) is 0 Å². The van der Waals surface area contributed by atoms with Crippen LogP contribution in [0.5, 0.6) is 0 Å². The first-order chi connectivity index (χ1) is 9.18. The zero-order valence-electron chi connectivity index (χ0n) is 12.3. The second-order valence-electron chi connectivity index (χ2n) is 6.17. The van der Waals surface area contributed by atoms with Crippen molar-refractivity contribution in [2.24, 2.45) is 11.3 Å². The summed E-state index contributed by atoms with van der Waals surface area (Å²) in [7, 11) is 0. The first-order valence-corrected chi connectivity index (χ1v) is 7.77. The Morgan fingerprint density at radius 2 is 2.21 bits per heavy atom. The lowest BCUT2D eigenvalue weighted by Gasteiger charge is -2.37. The molecule has 0 saturated carbocycles. The van der Waals surface area contributed by atoms with E-state index in [1.165, 1.54) is 0 Å². The van der Waals surface area contributed by atoms with Crippen molar-refractivity contribution in [1.82, 2.24) is 10.6 Å². The zero-order chi connectivity index (χ0) is 13.7. The van der Waals surface area contributed by atoms with Crippen molar-refractivity contribution in [3.05, 3.63) is 0 Å². The number of piperidine rings is 1. The SMILES string of the molecule is CCCC1(C(=O)NC(C)C2CCOC2)CCNCC1. The molecule has 0 aliphatic carbocycles. The van der Waals surface area contributed by atoms with Gasteiger partial charge in [-0.15, -0.1) is 0 Å². The Morgan fingerprint density at radius 3 is 2.79 bits per heavy atom. The van der Waals surface area contributed by atoms with Gasteiger partial charge in [0.25, 0.3) is 0 Å². The summed E-state index contributed by atoms with van der Waals surface area (Å²) in [4.78, 5) is 12.7. The molecule has 0 radical (unpaired) electrons.